The molecule has 0 unspecified atom stereocenters. The van der Waals surface area contributed by atoms with Gasteiger partial charge in [-0.1, -0.05) is 26.2 Å². The predicted molar refractivity (Wildman–Crippen MR) is 132 cm³/mol. The van der Waals surface area contributed by atoms with Crippen molar-refractivity contribution in [1.29, 1.82) is 0 Å². The van der Waals surface area contributed by atoms with Crippen LogP contribution in [0.2, 0.25) is 0 Å². The molecule has 0 bridgehead atoms. The molecule has 176 valence electrons. The molecular formula is C25H39N5O2. The van der Waals surface area contributed by atoms with E-state index < -0.39 is 0 Å². The van der Waals surface area contributed by atoms with E-state index in [1.165, 1.54) is 0 Å². The van der Waals surface area contributed by atoms with Crippen molar-refractivity contribution in [2.24, 2.45) is 18.0 Å². The summed E-state index contributed by atoms with van der Waals surface area (Å²) in [6.45, 7) is 19.9. The lowest BCUT2D eigenvalue weighted by molar-refractivity contribution is 0.103. The molecule has 0 saturated carbocycles. The number of hydrogen-bond donors (Lipinski definition) is 1. The van der Waals surface area contributed by atoms with Gasteiger partial charge >= 0.3 is 0 Å². The molecule has 0 spiro atoms. The standard InChI is InChI=1S/C25H39N5O2/c1-9-13-32-17-22-11-12-30(15-22)21(6)27-20(5)28-25(19(4)31-8)18(3)24(10-2)23-14-26-29(7)16-23/h10,14,16,22H,4,6,9,11-13,15,17H2,1-3,5,7-8H3,(H,27,28)/b24-10+,25-18+/t22-/m1/s1. The Balaban J connectivity index is 2.15. The molecule has 1 aromatic heterocycles. The highest BCUT2D eigenvalue weighted by molar-refractivity contribution is 5.85. The second kappa shape index (κ2) is 12.3. The second-order valence-corrected chi connectivity index (χ2v) is 8.15. The van der Waals surface area contributed by atoms with Gasteiger partial charge < -0.3 is 19.7 Å². The van der Waals surface area contributed by atoms with Gasteiger partial charge in [-0.25, -0.2) is 4.99 Å². The van der Waals surface area contributed by atoms with Gasteiger partial charge in [-0.2, -0.15) is 5.10 Å². The molecule has 1 aliphatic heterocycles. The van der Waals surface area contributed by atoms with Crippen molar-refractivity contribution in [3.05, 3.63) is 60.0 Å². The number of aryl methyl sites for hydroxylation is 1. The van der Waals surface area contributed by atoms with Crippen molar-refractivity contribution >= 4 is 11.4 Å². The normalized spacial score (nSPS) is 17.9. The fraction of sp³-hybridized carbons (Fsp3) is 0.520. The number of methoxy groups -OCH3 is 1. The summed E-state index contributed by atoms with van der Waals surface area (Å²) in [6, 6.07) is 0. The number of aliphatic imine (C=N–C) groups is 1. The first-order chi connectivity index (χ1) is 15.3. The van der Waals surface area contributed by atoms with Crippen LogP contribution in [0.3, 0.4) is 0 Å². The minimum absolute atomic E-state index is 0.506. The van der Waals surface area contributed by atoms with Gasteiger partial charge in [0.1, 0.15) is 17.3 Å². The summed E-state index contributed by atoms with van der Waals surface area (Å²) in [5.74, 6) is 2.63. The maximum Gasteiger partial charge on any atom is 0.137 e. The molecule has 32 heavy (non-hydrogen) atoms. The molecule has 1 aliphatic rings. The van der Waals surface area contributed by atoms with Crippen molar-refractivity contribution < 1.29 is 9.47 Å². The number of hydrogen-bond acceptors (Lipinski definition) is 5. The van der Waals surface area contributed by atoms with Crippen LogP contribution < -0.4 is 5.32 Å². The van der Waals surface area contributed by atoms with Gasteiger partial charge in [0, 0.05) is 44.4 Å². The van der Waals surface area contributed by atoms with Gasteiger partial charge in [0.2, 0.25) is 0 Å². The van der Waals surface area contributed by atoms with Crippen LogP contribution in [0.4, 0.5) is 0 Å². The van der Waals surface area contributed by atoms with E-state index >= 15 is 0 Å². The summed E-state index contributed by atoms with van der Waals surface area (Å²) in [5.41, 5.74) is 3.71. The smallest absolute Gasteiger partial charge is 0.137 e. The van der Waals surface area contributed by atoms with Crippen LogP contribution in [0.1, 0.15) is 46.1 Å². The Hall–Kier alpha value is -2.80. The van der Waals surface area contributed by atoms with E-state index in [4.69, 9.17) is 14.5 Å². The van der Waals surface area contributed by atoms with E-state index in [1.807, 2.05) is 40.2 Å². The summed E-state index contributed by atoms with van der Waals surface area (Å²) in [7, 11) is 3.51. The number of nitrogens with one attached hydrogen (secondary N) is 1. The minimum atomic E-state index is 0.506. The molecule has 0 aliphatic carbocycles. The van der Waals surface area contributed by atoms with Gasteiger partial charge in [0.25, 0.3) is 0 Å². The van der Waals surface area contributed by atoms with Crippen LogP contribution in [-0.2, 0) is 16.5 Å². The third-order valence-corrected chi connectivity index (χ3v) is 5.55. The third kappa shape index (κ3) is 6.85. The zero-order chi connectivity index (χ0) is 23.7. The van der Waals surface area contributed by atoms with Gasteiger partial charge in [0.15, 0.2) is 0 Å². The Kier molecular flexibility index (Phi) is 9.78. The molecule has 2 heterocycles. The lowest BCUT2D eigenvalue weighted by atomic mass is 9.99. The summed E-state index contributed by atoms with van der Waals surface area (Å²) in [4.78, 5) is 7.08. The molecule has 1 fully saturated rings. The summed E-state index contributed by atoms with van der Waals surface area (Å²) < 4.78 is 13.0. The van der Waals surface area contributed by atoms with Gasteiger partial charge in [-0.15, -0.1) is 0 Å². The van der Waals surface area contributed by atoms with Crippen LogP contribution in [-0.4, -0.2) is 53.9 Å². The average molecular weight is 442 g/mol. The Bertz CT molecular complexity index is 894. The SMILES string of the molecule is C=C(OC)C(/N=C(\C)NC(=C)N1CC[C@@H](COCCC)C1)=C(C)\C(=C/C)c1cnn(C)c1. The van der Waals surface area contributed by atoms with Gasteiger partial charge in [-0.05, 0) is 44.8 Å². The molecule has 1 N–H and O–H groups in total. The fourth-order valence-electron chi connectivity index (χ4n) is 3.83. The van der Waals surface area contributed by atoms with Crippen molar-refractivity contribution in [3.63, 3.8) is 0 Å². The number of likely N-dealkylation sites (tertiary alicyclic amines) is 1. The monoisotopic (exact) mass is 441 g/mol. The number of amidine groups is 1. The van der Waals surface area contributed by atoms with Crippen LogP contribution in [0, 0.1) is 5.92 Å². The number of ether oxygens (including phenoxy) is 2. The van der Waals surface area contributed by atoms with Crippen molar-refractivity contribution in [2.75, 3.05) is 33.4 Å². The first kappa shape index (κ1) is 25.5. The summed E-state index contributed by atoms with van der Waals surface area (Å²) in [6.07, 6.45) is 8.05. The largest absolute Gasteiger partial charge is 0.495 e. The molecule has 7 heteroatoms. The Morgan fingerprint density at radius 3 is 2.72 bits per heavy atom. The Morgan fingerprint density at radius 2 is 2.12 bits per heavy atom. The zero-order valence-electron chi connectivity index (χ0n) is 20.6. The molecule has 0 aromatic carbocycles. The van der Waals surface area contributed by atoms with E-state index in [-0.39, 0.29) is 0 Å². The zero-order valence-corrected chi connectivity index (χ0v) is 20.6. The van der Waals surface area contributed by atoms with Crippen molar-refractivity contribution in [2.45, 2.75) is 40.5 Å². The third-order valence-electron chi connectivity index (χ3n) is 5.55. The molecule has 0 amide bonds. The van der Waals surface area contributed by atoms with Crippen molar-refractivity contribution in [1.82, 2.24) is 20.0 Å². The predicted octanol–water partition coefficient (Wildman–Crippen LogP) is 4.49. The Labute approximate surface area is 193 Å². The van der Waals surface area contributed by atoms with E-state index in [0.717, 1.165) is 67.5 Å². The summed E-state index contributed by atoms with van der Waals surface area (Å²) in [5, 5.41) is 7.64. The topological polar surface area (TPSA) is 63.9 Å². The lowest BCUT2D eigenvalue weighted by Gasteiger charge is -2.22. The van der Waals surface area contributed by atoms with Crippen molar-refractivity contribution in [3.8, 4) is 0 Å². The van der Waals surface area contributed by atoms with Crippen LogP contribution >= 0.6 is 0 Å². The van der Waals surface area contributed by atoms with Gasteiger partial charge in [-0.3, -0.25) is 4.68 Å². The van der Waals surface area contributed by atoms with E-state index in [9.17, 15) is 0 Å². The quantitative estimate of drug-likeness (QED) is 0.180. The van der Waals surface area contributed by atoms with E-state index in [2.05, 4.69) is 41.5 Å². The van der Waals surface area contributed by atoms with Crippen LogP contribution in [0.5, 0.6) is 0 Å². The molecule has 1 atom stereocenters. The second-order valence-electron chi connectivity index (χ2n) is 8.15. The van der Waals surface area contributed by atoms with E-state index in [0.29, 0.717) is 17.4 Å². The Morgan fingerprint density at radius 1 is 1.38 bits per heavy atom. The first-order valence-corrected chi connectivity index (χ1v) is 11.2. The van der Waals surface area contributed by atoms with Gasteiger partial charge in [0.05, 0.1) is 25.7 Å². The molecule has 1 saturated heterocycles. The fourth-order valence-corrected chi connectivity index (χ4v) is 3.83. The maximum atomic E-state index is 5.72. The maximum absolute atomic E-state index is 5.72. The number of nitrogens with zero attached hydrogens (tertiary/aromatic N) is 4. The molecule has 0 radical (unpaired) electrons. The number of aromatic nitrogens is 2. The first-order valence-electron chi connectivity index (χ1n) is 11.2. The molecule has 7 nitrogen and oxygen atoms in total. The molecule has 1 aromatic rings. The highest BCUT2D eigenvalue weighted by atomic mass is 16.5. The van der Waals surface area contributed by atoms with Crippen LogP contribution in [0.15, 0.2) is 59.5 Å². The molecule has 2 rings (SSSR count). The minimum Gasteiger partial charge on any atom is -0.495 e. The number of rotatable bonds is 11. The summed E-state index contributed by atoms with van der Waals surface area (Å²) >= 11 is 0. The lowest BCUT2D eigenvalue weighted by Crippen LogP contribution is -2.32. The highest BCUT2D eigenvalue weighted by Crippen LogP contribution is 2.29. The van der Waals surface area contributed by atoms with Crippen LogP contribution in [0.25, 0.3) is 5.57 Å². The average Bonchev–Trinajstić information content (AvgIpc) is 3.41. The van der Waals surface area contributed by atoms with E-state index in [1.54, 1.807) is 11.8 Å². The number of allylic oxidation sites excluding steroid dienone is 3. The highest BCUT2D eigenvalue weighted by Gasteiger charge is 2.23. The molecular weight excluding hydrogens is 402 g/mol.